The number of para-hydroxylation sites is 2. The van der Waals surface area contributed by atoms with E-state index >= 15 is 0 Å². The summed E-state index contributed by atoms with van der Waals surface area (Å²) < 4.78 is 13.5. The minimum absolute atomic E-state index is 0.0472. The molecule has 6 rings (SSSR count). The van der Waals surface area contributed by atoms with Gasteiger partial charge >= 0.3 is 0 Å². The molecule has 1 atom stereocenters. The Hall–Kier alpha value is -3.84. The van der Waals surface area contributed by atoms with E-state index in [2.05, 4.69) is 45.6 Å². The third-order valence-corrected chi connectivity index (χ3v) is 7.44. The van der Waals surface area contributed by atoms with Crippen LogP contribution in [-0.2, 0) is 11.2 Å². The molecule has 0 fully saturated rings. The molecule has 1 aromatic heterocycles. The van der Waals surface area contributed by atoms with Crippen molar-refractivity contribution in [2.24, 2.45) is 4.99 Å². The Morgan fingerprint density at radius 3 is 2.89 bits per heavy atom. The van der Waals surface area contributed by atoms with Crippen molar-refractivity contribution < 1.29 is 14.3 Å². The number of anilines is 1. The van der Waals surface area contributed by atoms with E-state index in [9.17, 15) is 4.79 Å². The van der Waals surface area contributed by atoms with Gasteiger partial charge in [-0.25, -0.2) is 4.99 Å². The Kier molecular flexibility index (Phi) is 5.62. The van der Waals surface area contributed by atoms with Crippen molar-refractivity contribution in [1.29, 1.82) is 0 Å². The van der Waals surface area contributed by atoms with E-state index in [0.717, 1.165) is 46.8 Å². The van der Waals surface area contributed by atoms with Gasteiger partial charge in [-0.3, -0.25) is 4.79 Å². The number of benzene rings is 3. The topological polar surface area (TPSA) is 64.8 Å². The van der Waals surface area contributed by atoms with Gasteiger partial charge in [-0.05, 0) is 60.7 Å². The first-order chi connectivity index (χ1) is 17.2. The van der Waals surface area contributed by atoms with Crippen LogP contribution in [0.25, 0.3) is 11.3 Å². The van der Waals surface area contributed by atoms with Gasteiger partial charge in [0.2, 0.25) is 0 Å². The summed E-state index contributed by atoms with van der Waals surface area (Å²) in [7, 11) is 1.67. The number of carbonyl (C=O) groups excluding carboxylic acids is 1. The van der Waals surface area contributed by atoms with Crippen LogP contribution in [0.5, 0.6) is 11.5 Å². The highest BCUT2D eigenvalue weighted by Crippen LogP contribution is 2.38. The summed E-state index contributed by atoms with van der Waals surface area (Å²) >= 11 is 1.61. The molecule has 2 heterocycles. The highest BCUT2D eigenvalue weighted by atomic mass is 32.1. The van der Waals surface area contributed by atoms with Gasteiger partial charge in [0.05, 0.1) is 24.5 Å². The average Bonchev–Trinajstić information content (AvgIpc) is 3.31. The fraction of sp³-hybridized carbons (Fsp3) is 0.214. The lowest BCUT2D eigenvalue weighted by Crippen LogP contribution is -2.26. The van der Waals surface area contributed by atoms with Gasteiger partial charge in [-0.15, -0.1) is 11.3 Å². The second-order valence-corrected chi connectivity index (χ2v) is 9.55. The third kappa shape index (κ3) is 4.02. The fourth-order valence-electron chi connectivity index (χ4n) is 4.98. The number of nitrogens with zero attached hydrogens (tertiary/aromatic N) is 2. The molecule has 0 bridgehead atoms. The van der Waals surface area contributed by atoms with E-state index < -0.39 is 0 Å². The Balaban J connectivity index is 1.56. The molecule has 35 heavy (non-hydrogen) atoms. The number of hydrogen-bond acceptors (Lipinski definition) is 5. The molecule has 6 nitrogen and oxygen atoms in total. The lowest BCUT2D eigenvalue weighted by atomic mass is 9.87. The Morgan fingerprint density at radius 1 is 1.11 bits per heavy atom. The lowest BCUT2D eigenvalue weighted by Gasteiger charge is -2.28. The maximum atomic E-state index is 11.9. The maximum Gasteiger partial charge on any atom is 0.262 e. The number of aryl methyl sites for hydroxylation is 1. The molecule has 0 saturated carbocycles. The van der Waals surface area contributed by atoms with E-state index in [1.54, 1.807) is 18.4 Å². The van der Waals surface area contributed by atoms with Crippen LogP contribution < -0.4 is 19.6 Å². The summed E-state index contributed by atoms with van der Waals surface area (Å²) in [6.07, 6.45) is 3.24. The highest BCUT2D eigenvalue weighted by Gasteiger charge is 2.26. The molecule has 4 aromatic rings. The molecule has 176 valence electrons. The van der Waals surface area contributed by atoms with Gasteiger partial charge in [0.1, 0.15) is 17.2 Å². The van der Waals surface area contributed by atoms with Crippen molar-refractivity contribution in [3.05, 3.63) is 88.0 Å². The van der Waals surface area contributed by atoms with Crippen LogP contribution in [-0.4, -0.2) is 24.2 Å². The van der Waals surface area contributed by atoms with E-state index in [4.69, 9.17) is 14.5 Å². The number of amides is 1. The van der Waals surface area contributed by atoms with Crippen molar-refractivity contribution in [3.8, 4) is 22.8 Å². The van der Waals surface area contributed by atoms with Gasteiger partial charge in [-0.2, -0.15) is 0 Å². The van der Waals surface area contributed by atoms with Gasteiger partial charge in [-0.1, -0.05) is 36.4 Å². The quantitative estimate of drug-likeness (QED) is 0.404. The van der Waals surface area contributed by atoms with Crippen molar-refractivity contribution in [1.82, 2.24) is 4.57 Å². The minimum atomic E-state index is -0.138. The predicted molar refractivity (Wildman–Crippen MR) is 138 cm³/mol. The second kappa shape index (κ2) is 9.07. The second-order valence-electron chi connectivity index (χ2n) is 8.71. The van der Waals surface area contributed by atoms with Gasteiger partial charge in [0.25, 0.3) is 5.91 Å². The van der Waals surface area contributed by atoms with Crippen molar-refractivity contribution in [3.63, 3.8) is 0 Å². The largest absolute Gasteiger partial charge is 0.494 e. The van der Waals surface area contributed by atoms with Crippen molar-refractivity contribution >= 4 is 28.6 Å². The molecule has 1 N–H and O–H groups in total. The van der Waals surface area contributed by atoms with Crippen LogP contribution >= 0.6 is 11.3 Å². The highest BCUT2D eigenvalue weighted by molar-refractivity contribution is 7.07. The average molecular weight is 484 g/mol. The summed E-state index contributed by atoms with van der Waals surface area (Å²) in [5.74, 6) is 1.30. The van der Waals surface area contributed by atoms with Gasteiger partial charge in [0, 0.05) is 10.9 Å². The molecule has 1 aliphatic heterocycles. The molecule has 0 saturated heterocycles. The van der Waals surface area contributed by atoms with Crippen LogP contribution in [0.1, 0.15) is 30.0 Å². The molecule has 7 heteroatoms. The molecular weight excluding hydrogens is 458 g/mol. The number of hydrogen-bond donors (Lipinski definition) is 1. The maximum absolute atomic E-state index is 11.9. The Labute approximate surface area is 207 Å². The fourth-order valence-corrected chi connectivity index (χ4v) is 5.93. The normalized spacial score (nSPS) is 17.2. The van der Waals surface area contributed by atoms with Crippen molar-refractivity contribution in [2.75, 3.05) is 19.0 Å². The minimum Gasteiger partial charge on any atom is -0.494 e. The number of thiazole rings is 1. The van der Waals surface area contributed by atoms with Crippen LogP contribution in [0.3, 0.4) is 0 Å². The molecule has 1 amide bonds. The summed E-state index contributed by atoms with van der Waals surface area (Å²) in [6, 6.07) is 22.7. The third-order valence-electron chi connectivity index (χ3n) is 6.60. The standard InChI is InChI=1S/C28H25N3O3S/c1-33-25-12-5-4-10-21(25)30-28-31(23-11-6-8-18-7-2-3-9-20(18)23)24(17-35-28)19-13-14-26-22(15-19)29-27(32)16-34-26/h2-5,7,9-10,12-15,17,23H,6,8,11,16H2,1H3,(H,29,32). The van der Waals surface area contributed by atoms with Crippen LogP contribution in [0.15, 0.2) is 77.1 Å². The number of aromatic nitrogens is 1. The Morgan fingerprint density at radius 2 is 1.97 bits per heavy atom. The zero-order valence-corrected chi connectivity index (χ0v) is 20.2. The molecule has 1 aliphatic carbocycles. The zero-order valence-electron chi connectivity index (χ0n) is 19.4. The first-order valence-corrected chi connectivity index (χ1v) is 12.6. The van der Waals surface area contributed by atoms with Crippen molar-refractivity contribution in [2.45, 2.75) is 25.3 Å². The lowest BCUT2D eigenvalue weighted by molar-refractivity contribution is -0.118. The predicted octanol–water partition coefficient (Wildman–Crippen LogP) is 5.71. The van der Waals surface area contributed by atoms with E-state index in [1.807, 2.05) is 36.4 Å². The molecule has 3 aromatic carbocycles. The molecular formula is C28H25N3O3S. The number of carbonyl (C=O) groups is 1. The summed E-state index contributed by atoms with van der Waals surface area (Å²) in [5, 5.41) is 5.09. The first kappa shape index (κ1) is 21.7. The molecule has 2 aliphatic rings. The number of fused-ring (bicyclic) bond motifs is 2. The van der Waals surface area contributed by atoms with E-state index in [0.29, 0.717) is 11.4 Å². The van der Waals surface area contributed by atoms with Crippen LogP contribution in [0.4, 0.5) is 11.4 Å². The molecule has 1 unspecified atom stereocenters. The summed E-state index contributed by atoms with van der Waals surface area (Å²) in [5.41, 5.74) is 6.30. The summed E-state index contributed by atoms with van der Waals surface area (Å²) in [4.78, 5) is 17.9. The first-order valence-electron chi connectivity index (χ1n) is 11.7. The molecule has 0 spiro atoms. The van der Waals surface area contributed by atoms with Gasteiger partial charge < -0.3 is 19.4 Å². The summed E-state index contributed by atoms with van der Waals surface area (Å²) in [6.45, 7) is 0.0472. The van der Waals surface area contributed by atoms with E-state index in [1.165, 1.54) is 11.1 Å². The van der Waals surface area contributed by atoms with E-state index in [-0.39, 0.29) is 18.6 Å². The SMILES string of the molecule is COc1ccccc1N=c1scc(-c2ccc3c(c2)NC(=O)CO3)n1C1CCCc2ccccc21. The number of methoxy groups -OCH3 is 1. The number of nitrogens with one attached hydrogen (secondary N) is 1. The van der Waals surface area contributed by atoms with Crippen LogP contribution in [0, 0.1) is 0 Å². The smallest absolute Gasteiger partial charge is 0.262 e. The van der Waals surface area contributed by atoms with Gasteiger partial charge in [0.15, 0.2) is 11.4 Å². The molecule has 0 radical (unpaired) electrons. The zero-order chi connectivity index (χ0) is 23.8. The Bertz CT molecular complexity index is 1490. The number of ether oxygens (including phenoxy) is 2. The van der Waals surface area contributed by atoms with Crippen LogP contribution in [0.2, 0.25) is 0 Å². The monoisotopic (exact) mass is 483 g/mol. The number of rotatable bonds is 4.